The third-order valence-electron chi connectivity index (χ3n) is 3.32. The molecule has 0 aromatic heterocycles. The molecule has 0 aromatic carbocycles. The summed E-state index contributed by atoms with van der Waals surface area (Å²) in [6, 6.07) is 0.333. The molecular weight excluding hydrogens is 194 g/mol. The highest BCUT2D eigenvalue weighted by molar-refractivity contribution is 5.69. The standard InChI is InChI=1S/C11H21NO3/c1-4-11(2)7-9(5-6-15-11)12(3)8-10(13)14/h9H,4-8H2,1-3H3,(H,13,14). The summed E-state index contributed by atoms with van der Waals surface area (Å²) in [5, 5.41) is 8.73. The Morgan fingerprint density at radius 1 is 1.67 bits per heavy atom. The molecule has 0 aliphatic carbocycles. The normalized spacial score (nSPS) is 31.9. The molecule has 1 fully saturated rings. The SMILES string of the molecule is CCC1(C)CC(N(C)CC(=O)O)CCO1. The van der Waals surface area contributed by atoms with Crippen molar-refractivity contribution < 1.29 is 14.6 Å². The van der Waals surface area contributed by atoms with Crippen LogP contribution in [0.4, 0.5) is 0 Å². The summed E-state index contributed by atoms with van der Waals surface area (Å²) in [4.78, 5) is 12.5. The molecule has 4 nitrogen and oxygen atoms in total. The van der Waals surface area contributed by atoms with Gasteiger partial charge in [-0.3, -0.25) is 9.69 Å². The second-order valence-corrected chi connectivity index (χ2v) is 4.61. The summed E-state index contributed by atoms with van der Waals surface area (Å²) >= 11 is 0. The quantitative estimate of drug-likeness (QED) is 0.769. The number of rotatable bonds is 4. The maximum atomic E-state index is 10.6. The summed E-state index contributed by atoms with van der Waals surface area (Å²) in [6.07, 6.45) is 2.83. The molecule has 1 aliphatic rings. The predicted octanol–water partition coefficient (Wildman–Crippen LogP) is 1.35. The molecule has 0 amide bonds. The van der Waals surface area contributed by atoms with Crippen molar-refractivity contribution in [1.82, 2.24) is 4.90 Å². The van der Waals surface area contributed by atoms with Crippen molar-refractivity contribution in [3.8, 4) is 0 Å². The summed E-state index contributed by atoms with van der Waals surface area (Å²) in [7, 11) is 1.88. The largest absolute Gasteiger partial charge is 0.480 e. The Bertz CT molecular complexity index is 232. The van der Waals surface area contributed by atoms with Gasteiger partial charge in [-0.15, -0.1) is 0 Å². The highest BCUT2D eigenvalue weighted by Gasteiger charge is 2.33. The number of hydrogen-bond donors (Lipinski definition) is 1. The summed E-state index contributed by atoms with van der Waals surface area (Å²) in [5.41, 5.74) is -0.0737. The van der Waals surface area contributed by atoms with E-state index in [0.29, 0.717) is 6.04 Å². The van der Waals surface area contributed by atoms with Crippen LogP contribution in [0.5, 0.6) is 0 Å². The molecule has 15 heavy (non-hydrogen) atoms. The van der Waals surface area contributed by atoms with E-state index in [-0.39, 0.29) is 12.1 Å². The molecule has 4 heteroatoms. The molecule has 1 N–H and O–H groups in total. The molecule has 88 valence electrons. The Labute approximate surface area is 91.2 Å². The number of ether oxygens (including phenoxy) is 1. The number of carbonyl (C=O) groups is 1. The Morgan fingerprint density at radius 3 is 2.87 bits per heavy atom. The van der Waals surface area contributed by atoms with Crippen LogP contribution in [0.15, 0.2) is 0 Å². The van der Waals surface area contributed by atoms with Crippen LogP contribution in [-0.4, -0.2) is 47.8 Å². The monoisotopic (exact) mass is 215 g/mol. The van der Waals surface area contributed by atoms with Crippen molar-refractivity contribution in [3.05, 3.63) is 0 Å². The molecule has 0 aromatic rings. The maximum absolute atomic E-state index is 10.6. The average molecular weight is 215 g/mol. The van der Waals surface area contributed by atoms with E-state index in [1.54, 1.807) is 0 Å². The van der Waals surface area contributed by atoms with Crippen LogP contribution in [0.2, 0.25) is 0 Å². The van der Waals surface area contributed by atoms with Gasteiger partial charge < -0.3 is 9.84 Å². The molecule has 0 bridgehead atoms. The Morgan fingerprint density at radius 2 is 2.33 bits per heavy atom. The first kappa shape index (κ1) is 12.5. The molecule has 1 saturated heterocycles. The van der Waals surface area contributed by atoms with Crippen molar-refractivity contribution in [2.75, 3.05) is 20.2 Å². The molecule has 1 heterocycles. The van der Waals surface area contributed by atoms with Crippen LogP contribution in [-0.2, 0) is 9.53 Å². The summed E-state index contributed by atoms with van der Waals surface area (Å²) in [6.45, 7) is 5.07. The molecular formula is C11H21NO3. The van der Waals surface area contributed by atoms with Gasteiger partial charge in [0.15, 0.2) is 0 Å². The lowest BCUT2D eigenvalue weighted by atomic mass is 9.89. The number of hydrogen-bond acceptors (Lipinski definition) is 3. The van der Waals surface area contributed by atoms with E-state index < -0.39 is 5.97 Å². The fraction of sp³-hybridized carbons (Fsp3) is 0.909. The molecule has 1 rings (SSSR count). The van der Waals surface area contributed by atoms with Crippen molar-refractivity contribution >= 4 is 5.97 Å². The molecule has 2 atom stereocenters. The van der Waals surface area contributed by atoms with Gasteiger partial charge in [-0.05, 0) is 33.2 Å². The molecule has 1 aliphatic heterocycles. The second kappa shape index (κ2) is 4.94. The molecule has 0 saturated carbocycles. The van der Waals surface area contributed by atoms with E-state index in [1.807, 2.05) is 11.9 Å². The summed E-state index contributed by atoms with van der Waals surface area (Å²) in [5.74, 6) is -0.762. The van der Waals surface area contributed by atoms with Crippen LogP contribution < -0.4 is 0 Å². The Kier molecular flexibility index (Phi) is 4.11. The Balaban J connectivity index is 2.52. The smallest absolute Gasteiger partial charge is 0.317 e. The highest BCUT2D eigenvalue weighted by atomic mass is 16.5. The van der Waals surface area contributed by atoms with Gasteiger partial charge >= 0.3 is 5.97 Å². The van der Waals surface area contributed by atoms with Crippen LogP contribution >= 0.6 is 0 Å². The first-order chi connectivity index (χ1) is 6.97. The van der Waals surface area contributed by atoms with Gasteiger partial charge in [0.2, 0.25) is 0 Å². The number of likely N-dealkylation sites (N-methyl/N-ethyl adjacent to an activating group) is 1. The fourth-order valence-electron chi connectivity index (χ4n) is 2.07. The number of carboxylic acid groups (broad SMARTS) is 1. The maximum Gasteiger partial charge on any atom is 0.317 e. The zero-order chi connectivity index (χ0) is 11.5. The minimum atomic E-state index is -0.762. The molecule has 0 spiro atoms. The number of carboxylic acids is 1. The first-order valence-corrected chi connectivity index (χ1v) is 5.53. The fourth-order valence-corrected chi connectivity index (χ4v) is 2.07. The van der Waals surface area contributed by atoms with Gasteiger partial charge in [-0.25, -0.2) is 0 Å². The zero-order valence-corrected chi connectivity index (χ0v) is 9.82. The van der Waals surface area contributed by atoms with Gasteiger partial charge in [-0.1, -0.05) is 6.92 Å². The van der Waals surface area contributed by atoms with Crippen molar-refractivity contribution in [2.45, 2.75) is 44.8 Å². The third-order valence-corrected chi connectivity index (χ3v) is 3.32. The second-order valence-electron chi connectivity index (χ2n) is 4.61. The average Bonchev–Trinajstić information content (AvgIpc) is 2.17. The Hall–Kier alpha value is -0.610. The topological polar surface area (TPSA) is 49.8 Å². The van der Waals surface area contributed by atoms with Gasteiger partial charge in [0, 0.05) is 12.6 Å². The number of nitrogens with zero attached hydrogens (tertiary/aromatic N) is 1. The lowest BCUT2D eigenvalue weighted by Gasteiger charge is -2.41. The van der Waals surface area contributed by atoms with Crippen LogP contribution in [0, 0.1) is 0 Å². The van der Waals surface area contributed by atoms with Crippen LogP contribution in [0.25, 0.3) is 0 Å². The van der Waals surface area contributed by atoms with E-state index in [4.69, 9.17) is 9.84 Å². The van der Waals surface area contributed by atoms with Crippen molar-refractivity contribution in [2.24, 2.45) is 0 Å². The minimum Gasteiger partial charge on any atom is -0.480 e. The lowest BCUT2D eigenvalue weighted by Crippen LogP contribution is -2.47. The first-order valence-electron chi connectivity index (χ1n) is 5.53. The summed E-state index contributed by atoms with van der Waals surface area (Å²) < 4.78 is 5.73. The highest BCUT2D eigenvalue weighted by Crippen LogP contribution is 2.29. The van der Waals surface area contributed by atoms with E-state index in [2.05, 4.69) is 13.8 Å². The van der Waals surface area contributed by atoms with Gasteiger partial charge in [-0.2, -0.15) is 0 Å². The van der Waals surface area contributed by atoms with Crippen LogP contribution in [0.1, 0.15) is 33.1 Å². The lowest BCUT2D eigenvalue weighted by molar-refractivity contribution is -0.140. The van der Waals surface area contributed by atoms with E-state index in [0.717, 1.165) is 25.9 Å². The molecule has 0 radical (unpaired) electrons. The van der Waals surface area contributed by atoms with E-state index >= 15 is 0 Å². The van der Waals surface area contributed by atoms with Gasteiger partial charge in [0.25, 0.3) is 0 Å². The van der Waals surface area contributed by atoms with Gasteiger partial charge in [0.05, 0.1) is 12.1 Å². The van der Waals surface area contributed by atoms with Crippen molar-refractivity contribution in [1.29, 1.82) is 0 Å². The third kappa shape index (κ3) is 3.47. The van der Waals surface area contributed by atoms with E-state index in [1.165, 1.54) is 0 Å². The van der Waals surface area contributed by atoms with Crippen molar-refractivity contribution in [3.63, 3.8) is 0 Å². The predicted molar refractivity (Wildman–Crippen MR) is 57.9 cm³/mol. The van der Waals surface area contributed by atoms with E-state index in [9.17, 15) is 4.79 Å². The number of aliphatic carboxylic acids is 1. The zero-order valence-electron chi connectivity index (χ0n) is 9.82. The van der Waals surface area contributed by atoms with Crippen LogP contribution in [0.3, 0.4) is 0 Å². The molecule has 2 unspecified atom stereocenters. The van der Waals surface area contributed by atoms with Gasteiger partial charge in [0.1, 0.15) is 0 Å². The minimum absolute atomic E-state index is 0.0737.